The van der Waals surface area contributed by atoms with E-state index in [1.165, 1.54) is 0 Å². The molecule has 0 spiro atoms. The van der Waals surface area contributed by atoms with Crippen molar-refractivity contribution in [1.82, 2.24) is 19.6 Å². The van der Waals surface area contributed by atoms with Crippen LogP contribution in [0, 0.1) is 6.92 Å². The molecule has 2 aromatic rings. The van der Waals surface area contributed by atoms with E-state index in [4.69, 9.17) is 4.74 Å². The van der Waals surface area contributed by atoms with E-state index in [1.807, 2.05) is 17.5 Å². The number of nitrogens with zero attached hydrogens (tertiary/aromatic N) is 4. The van der Waals surface area contributed by atoms with Gasteiger partial charge in [-0.05, 0) is 27.2 Å². The van der Waals surface area contributed by atoms with Crippen molar-refractivity contribution in [3.05, 3.63) is 18.2 Å². The van der Waals surface area contributed by atoms with Gasteiger partial charge in [-0.1, -0.05) is 0 Å². The third-order valence-corrected chi connectivity index (χ3v) is 3.79. The van der Waals surface area contributed by atoms with Gasteiger partial charge >= 0.3 is 0 Å². The highest BCUT2D eigenvalue weighted by atomic mass is 16.5. The Balaban J connectivity index is 2.00. The van der Waals surface area contributed by atoms with E-state index in [0.717, 1.165) is 30.3 Å². The second-order valence-corrected chi connectivity index (χ2v) is 5.02. The van der Waals surface area contributed by atoms with Crippen LogP contribution in [0.25, 0.3) is 5.65 Å². The number of nitrogens with one attached hydrogen (secondary N) is 1. The van der Waals surface area contributed by atoms with Crippen LogP contribution in [-0.2, 0) is 4.74 Å². The minimum Gasteiger partial charge on any atom is -0.376 e. The average molecular weight is 247 g/mol. The van der Waals surface area contributed by atoms with E-state index in [1.54, 1.807) is 6.20 Å². The van der Waals surface area contributed by atoms with Gasteiger partial charge in [-0.3, -0.25) is 4.40 Å². The fourth-order valence-electron chi connectivity index (χ4n) is 2.30. The normalized spacial score (nSPS) is 27.8. The van der Waals surface area contributed by atoms with Crippen LogP contribution in [0.5, 0.6) is 0 Å². The minimum atomic E-state index is -0.102. The average Bonchev–Trinajstić information content (AvgIpc) is 2.86. The lowest BCUT2D eigenvalue weighted by atomic mass is 9.95. The summed E-state index contributed by atoms with van der Waals surface area (Å²) in [5.74, 6) is 1.62. The van der Waals surface area contributed by atoms with E-state index in [-0.39, 0.29) is 11.6 Å². The van der Waals surface area contributed by atoms with Crippen molar-refractivity contribution in [3.8, 4) is 0 Å². The summed E-state index contributed by atoms with van der Waals surface area (Å²) in [6, 6.07) is 0. The Labute approximate surface area is 105 Å². The topological polar surface area (TPSA) is 64.3 Å². The molecular weight excluding hydrogens is 230 g/mol. The predicted molar refractivity (Wildman–Crippen MR) is 67.6 cm³/mol. The van der Waals surface area contributed by atoms with Gasteiger partial charge in [0, 0.05) is 19.0 Å². The molecule has 1 aliphatic rings. The number of hydrogen-bond donors (Lipinski definition) is 1. The number of anilines is 1. The second kappa shape index (κ2) is 3.91. The molecule has 96 valence electrons. The third kappa shape index (κ3) is 1.64. The van der Waals surface area contributed by atoms with Crippen LogP contribution in [0.4, 0.5) is 5.82 Å². The van der Waals surface area contributed by atoms with Gasteiger partial charge in [0.25, 0.3) is 0 Å². The molecule has 3 rings (SSSR count). The largest absolute Gasteiger partial charge is 0.376 e. The molecular formula is C12H17N5O. The zero-order valence-corrected chi connectivity index (χ0v) is 10.8. The summed E-state index contributed by atoms with van der Waals surface area (Å²) in [5.41, 5.74) is 0.657. The van der Waals surface area contributed by atoms with Crippen molar-refractivity contribution < 1.29 is 4.74 Å². The van der Waals surface area contributed by atoms with Crippen molar-refractivity contribution in [1.29, 1.82) is 0 Å². The first-order valence-electron chi connectivity index (χ1n) is 6.16. The number of ether oxygens (including phenoxy) is 1. The van der Waals surface area contributed by atoms with Crippen LogP contribution in [0.2, 0.25) is 0 Å². The SMILES string of the molecule is Cc1nnc2c(NC3(C)CCOC3C)nccn12. The standard InChI is InChI=1S/C12H17N5O/c1-8-12(3,4-7-18-8)14-10-11-16-15-9(2)17(11)6-5-13-10/h5-6,8H,4,7H2,1-3H3,(H,13,14). The minimum absolute atomic E-state index is 0.102. The molecule has 0 bridgehead atoms. The maximum absolute atomic E-state index is 5.62. The van der Waals surface area contributed by atoms with Crippen LogP contribution >= 0.6 is 0 Å². The molecule has 1 aliphatic heterocycles. The van der Waals surface area contributed by atoms with E-state index in [0.29, 0.717) is 0 Å². The van der Waals surface area contributed by atoms with Gasteiger partial charge in [0.05, 0.1) is 11.6 Å². The first-order chi connectivity index (χ1) is 8.60. The fourth-order valence-corrected chi connectivity index (χ4v) is 2.30. The van der Waals surface area contributed by atoms with Gasteiger partial charge in [0.2, 0.25) is 5.65 Å². The van der Waals surface area contributed by atoms with Crippen LogP contribution in [0.3, 0.4) is 0 Å². The zero-order chi connectivity index (χ0) is 12.8. The lowest BCUT2D eigenvalue weighted by Crippen LogP contribution is -2.41. The molecule has 1 fully saturated rings. The first-order valence-corrected chi connectivity index (χ1v) is 6.16. The molecule has 0 radical (unpaired) electrons. The Bertz CT molecular complexity index is 581. The van der Waals surface area contributed by atoms with Gasteiger partial charge in [0.1, 0.15) is 5.82 Å². The number of aryl methyl sites for hydroxylation is 1. The molecule has 2 atom stereocenters. The second-order valence-electron chi connectivity index (χ2n) is 5.02. The van der Waals surface area contributed by atoms with Gasteiger partial charge in [-0.25, -0.2) is 4.98 Å². The zero-order valence-electron chi connectivity index (χ0n) is 10.8. The number of rotatable bonds is 2. The maximum Gasteiger partial charge on any atom is 0.203 e. The number of hydrogen-bond acceptors (Lipinski definition) is 5. The molecule has 2 unspecified atom stereocenters. The Morgan fingerprint density at radius 1 is 1.50 bits per heavy atom. The Morgan fingerprint density at radius 3 is 3.06 bits per heavy atom. The highest BCUT2D eigenvalue weighted by Gasteiger charge is 2.37. The molecule has 6 nitrogen and oxygen atoms in total. The molecule has 0 amide bonds. The summed E-state index contributed by atoms with van der Waals surface area (Å²) in [5, 5.41) is 11.7. The molecule has 0 saturated carbocycles. The Kier molecular flexibility index (Phi) is 2.48. The molecule has 1 N–H and O–H groups in total. The molecule has 0 aliphatic carbocycles. The van der Waals surface area contributed by atoms with E-state index >= 15 is 0 Å². The smallest absolute Gasteiger partial charge is 0.203 e. The van der Waals surface area contributed by atoms with Crippen molar-refractivity contribution in [3.63, 3.8) is 0 Å². The molecule has 3 heterocycles. The fraction of sp³-hybridized carbons (Fsp3) is 0.583. The number of aromatic nitrogens is 4. The first kappa shape index (κ1) is 11.4. The Hall–Kier alpha value is -1.69. The maximum atomic E-state index is 5.62. The Morgan fingerprint density at radius 2 is 2.33 bits per heavy atom. The van der Waals surface area contributed by atoms with Crippen molar-refractivity contribution in [2.24, 2.45) is 0 Å². The monoisotopic (exact) mass is 247 g/mol. The third-order valence-electron chi connectivity index (χ3n) is 3.79. The van der Waals surface area contributed by atoms with Crippen molar-refractivity contribution in [2.75, 3.05) is 11.9 Å². The molecule has 2 aromatic heterocycles. The van der Waals surface area contributed by atoms with E-state index in [9.17, 15) is 0 Å². The summed E-state index contributed by atoms with van der Waals surface area (Å²) in [6.07, 6.45) is 4.75. The lowest BCUT2D eigenvalue weighted by Gasteiger charge is -2.29. The highest BCUT2D eigenvalue weighted by molar-refractivity contribution is 5.63. The quantitative estimate of drug-likeness (QED) is 0.869. The lowest BCUT2D eigenvalue weighted by molar-refractivity contribution is 0.105. The van der Waals surface area contributed by atoms with Crippen molar-refractivity contribution in [2.45, 2.75) is 38.8 Å². The van der Waals surface area contributed by atoms with Crippen LogP contribution in [0.15, 0.2) is 12.4 Å². The van der Waals surface area contributed by atoms with E-state index < -0.39 is 0 Å². The summed E-state index contributed by atoms with van der Waals surface area (Å²) in [7, 11) is 0. The molecule has 1 saturated heterocycles. The molecule has 18 heavy (non-hydrogen) atoms. The summed E-state index contributed by atoms with van der Waals surface area (Å²) in [4.78, 5) is 4.37. The van der Waals surface area contributed by atoms with Gasteiger partial charge in [-0.2, -0.15) is 0 Å². The predicted octanol–water partition coefficient (Wildman–Crippen LogP) is 1.41. The van der Waals surface area contributed by atoms with Gasteiger partial charge in [-0.15, -0.1) is 10.2 Å². The van der Waals surface area contributed by atoms with Crippen LogP contribution < -0.4 is 5.32 Å². The molecule has 0 aromatic carbocycles. The van der Waals surface area contributed by atoms with Gasteiger partial charge in [0.15, 0.2) is 5.82 Å². The summed E-state index contributed by atoms with van der Waals surface area (Å²) >= 11 is 0. The highest BCUT2D eigenvalue weighted by Crippen LogP contribution is 2.29. The summed E-state index contributed by atoms with van der Waals surface area (Å²) in [6.45, 7) is 6.93. The van der Waals surface area contributed by atoms with Gasteiger partial charge < -0.3 is 10.1 Å². The molecule has 6 heteroatoms. The summed E-state index contributed by atoms with van der Waals surface area (Å²) < 4.78 is 7.55. The number of fused-ring (bicyclic) bond motifs is 1. The van der Waals surface area contributed by atoms with Crippen LogP contribution in [0.1, 0.15) is 26.1 Å². The van der Waals surface area contributed by atoms with Crippen molar-refractivity contribution >= 4 is 11.5 Å². The van der Waals surface area contributed by atoms with E-state index in [2.05, 4.69) is 34.3 Å². The van der Waals surface area contributed by atoms with Crippen LogP contribution in [-0.4, -0.2) is 37.8 Å².